The number of carbonyl (C=O) groups is 1. The Balaban J connectivity index is 1.56. The standard InChI is InChI=1S/C20H22N6O/c1-15-18(16(2)26(25-15)17-6-4-3-5-7-17)8-9-20(27)24-13-12-23-19-14-21-10-11-22-19/h3-11,14H,12-13H2,1-2H3,(H,22,23)(H,24,27)/b9-8-. The van der Waals surface area contributed by atoms with Crippen molar-refractivity contribution in [2.45, 2.75) is 13.8 Å². The summed E-state index contributed by atoms with van der Waals surface area (Å²) >= 11 is 0. The van der Waals surface area contributed by atoms with Crippen molar-refractivity contribution in [1.29, 1.82) is 0 Å². The highest BCUT2D eigenvalue weighted by molar-refractivity contribution is 5.92. The first kappa shape index (κ1) is 18.3. The van der Waals surface area contributed by atoms with Gasteiger partial charge in [0.1, 0.15) is 5.82 Å². The molecule has 3 rings (SSSR count). The van der Waals surface area contributed by atoms with Crippen LogP contribution < -0.4 is 10.6 Å². The van der Waals surface area contributed by atoms with Crippen LogP contribution in [0, 0.1) is 13.8 Å². The highest BCUT2D eigenvalue weighted by Crippen LogP contribution is 2.18. The molecule has 0 bridgehead atoms. The minimum absolute atomic E-state index is 0.151. The van der Waals surface area contributed by atoms with E-state index >= 15 is 0 Å². The molecule has 0 aliphatic heterocycles. The van der Waals surface area contributed by atoms with Crippen LogP contribution in [0.2, 0.25) is 0 Å². The molecule has 0 radical (unpaired) electrons. The summed E-state index contributed by atoms with van der Waals surface area (Å²) < 4.78 is 1.89. The Morgan fingerprint density at radius 3 is 2.70 bits per heavy atom. The second kappa shape index (κ2) is 8.75. The quantitative estimate of drug-likeness (QED) is 0.498. The van der Waals surface area contributed by atoms with Gasteiger partial charge in [0.15, 0.2) is 0 Å². The normalized spacial score (nSPS) is 10.9. The molecule has 0 saturated heterocycles. The summed E-state index contributed by atoms with van der Waals surface area (Å²) in [5.74, 6) is 0.532. The first-order valence-electron chi connectivity index (χ1n) is 8.72. The highest BCUT2D eigenvalue weighted by Gasteiger charge is 2.10. The molecule has 7 heteroatoms. The summed E-state index contributed by atoms with van der Waals surface area (Å²) in [6.45, 7) is 4.99. The largest absolute Gasteiger partial charge is 0.367 e. The SMILES string of the molecule is Cc1nn(-c2ccccc2)c(C)c1/C=C\C(=O)NCCNc1cnccn1. The first-order chi connectivity index (χ1) is 13.1. The Morgan fingerprint density at radius 1 is 1.15 bits per heavy atom. The van der Waals surface area contributed by atoms with Crippen molar-refractivity contribution < 1.29 is 4.79 Å². The van der Waals surface area contributed by atoms with E-state index in [4.69, 9.17) is 0 Å². The molecule has 27 heavy (non-hydrogen) atoms. The summed E-state index contributed by atoms with van der Waals surface area (Å²) in [4.78, 5) is 20.1. The van der Waals surface area contributed by atoms with Crippen molar-refractivity contribution >= 4 is 17.8 Å². The van der Waals surface area contributed by atoms with Gasteiger partial charge in [-0.15, -0.1) is 0 Å². The lowest BCUT2D eigenvalue weighted by molar-refractivity contribution is -0.116. The molecule has 1 amide bonds. The predicted octanol–water partition coefficient (Wildman–Crippen LogP) is 2.52. The zero-order chi connectivity index (χ0) is 19.1. The van der Waals surface area contributed by atoms with E-state index in [1.807, 2.05) is 54.9 Å². The van der Waals surface area contributed by atoms with E-state index < -0.39 is 0 Å². The third kappa shape index (κ3) is 4.78. The number of hydrogen-bond donors (Lipinski definition) is 2. The molecule has 2 heterocycles. The van der Waals surface area contributed by atoms with Crippen LogP contribution in [0.1, 0.15) is 17.0 Å². The van der Waals surface area contributed by atoms with Crippen molar-refractivity contribution in [3.8, 4) is 5.69 Å². The van der Waals surface area contributed by atoms with Gasteiger partial charge in [-0.05, 0) is 32.1 Å². The second-order valence-electron chi connectivity index (χ2n) is 5.97. The molecule has 2 N–H and O–H groups in total. The maximum absolute atomic E-state index is 12.0. The van der Waals surface area contributed by atoms with E-state index in [1.165, 1.54) is 6.08 Å². The number of hydrogen-bond acceptors (Lipinski definition) is 5. The molecule has 0 aliphatic carbocycles. The van der Waals surface area contributed by atoms with Crippen molar-refractivity contribution in [2.24, 2.45) is 0 Å². The number of anilines is 1. The Labute approximate surface area is 158 Å². The molecule has 7 nitrogen and oxygen atoms in total. The van der Waals surface area contributed by atoms with E-state index in [1.54, 1.807) is 18.6 Å². The molecule has 0 aliphatic rings. The van der Waals surface area contributed by atoms with Crippen LogP contribution in [-0.4, -0.2) is 38.7 Å². The lowest BCUT2D eigenvalue weighted by Gasteiger charge is -2.05. The summed E-state index contributed by atoms with van der Waals surface area (Å²) in [5.41, 5.74) is 3.82. The topological polar surface area (TPSA) is 84.7 Å². The molecule has 138 valence electrons. The minimum atomic E-state index is -0.151. The van der Waals surface area contributed by atoms with Crippen molar-refractivity contribution in [2.75, 3.05) is 18.4 Å². The summed E-state index contributed by atoms with van der Waals surface area (Å²) in [6, 6.07) is 9.93. The van der Waals surface area contributed by atoms with Crippen LogP contribution in [0.4, 0.5) is 5.82 Å². The van der Waals surface area contributed by atoms with Crippen LogP contribution in [0.15, 0.2) is 55.0 Å². The fourth-order valence-electron chi connectivity index (χ4n) is 2.70. The van der Waals surface area contributed by atoms with Crippen molar-refractivity contribution in [3.05, 3.63) is 71.9 Å². The smallest absolute Gasteiger partial charge is 0.244 e. The number of para-hydroxylation sites is 1. The molecule has 0 unspecified atom stereocenters. The number of amides is 1. The van der Waals surface area contributed by atoms with E-state index in [2.05, 4.69) is 25.7 Å². The Kier molecular flexibility index (Phi) is 5.94. The zero-order valence-electron chi connectivity index (χ0n) is 15.4. The zero-order valence-corrected chi connectivity index (χ0v) is 15.4. The molecule has 2 aromatic heterocycles. The fourth-order valence-corrected chi connectivity index (χ4v) is 2.70. The molecule has 1 aromatic carbocycles. The average Bonchev–Trinajstić information content (AvgIpc) is 2.99. The van der Waals surface area contributed by atoms with Gasteiger partial charge < -0.3 is 10.6 Å². The number of benzene rings is 1. The number of nitrogens with one attached hydrogen (secondary N) is 2. The van der Waals surface area contributed by atoms with Crippen LogP contribution in [0.5, 0.6) is 0 Å². The molecular weight excluding hydrogens is 340 g/mol. The van der Waals surface area contributed by atoms with E-state index in [0.717, 1.165) is 22.6 Å². The van der Waals surface area contributed by atoms with Gasteiger partial charge in [0.25, 0.3) is 0 Å². The Morgan fingerprint density at radius 2 is 1.96 bits per heavy atom. The predicted molar refractivity (Wildman–Crippen MR) is 106 cm³/mol. The maximum atomic E-state index is 12.0. The highest BCUT2D eigenvalue weighted by atomic mass is 16.1. The van der Waals surface area contributed by atoms with Crippen molar-refractivity contribution in [1.82, 2.24) is 25.1 Å². The van der Waals surface area contributed by atoms with Gasteiger partial charge >= 0.3 is 0 Å². The number of aryl methyl sites for hydroxylation is 1. The number of aromatic nitrogens is 4. The lowest BCUT2D eigenvalue weighted by Crippen LogP contribution is -2.27. The number of nitrogens with zero attached hydrogens (tertiary/aromatic N) is 4. The van der Waals surface area contributed by atoms with E-state index in [9.17, 15) is 4.79 Å². The van der Waals surface area contributed by atoms with Gasteiger partial charge in [0.2, 0.25) is 5.91 Å². The Hall–Kier alpha value is -3.48. The average molecular weight is 362 g/mol. The van der Waals surface area contributed by atoms with Crippen LogP contribution in [0.3, 0.4) is 0 Å². The molecule has 0 atom stereocenters. The van der Waals surface area contributed by atoms with E-state index in [-0.39, 0.29) is 5.91 Å². The number of carbonyl (C=O) groups excluding carboxylic acids is 1. The van der Waals surface area contributed by atoms with Gasteiger partial charge in [-0.25, -0.2) is 9.67 Å². The van der Waals surface area contributed by atoms with Gasteiger partial charge in [0.05, 0.1) is 17.6 Å². The number of rotatable bonds is 7. The van der Waals surface area contributed by atoms with Gasteiger partial charge in [0, 0.05) is 42.8 Å². The molecule has 0 spiro atoms. The monoisotopic (exact) mass is 362 g/mol. The fraction of sp³-hybridized carbons (Fsp3) is 0.200. The molecule has 3 aromatic rings. The van der Waals surface area contributed by atoms with Crippen LogP contribution in [-0.2, 0) is 4.79 Å². The minimum Gasteiger partial charge on any atom is -0.367 e. The molecule has 0 saturated carbocycles. The van der Waals surface area contributed by atoms with Crippen LogP contribution >= 0.6 is 0 Å². The van der Waals surface area contributed by atoms with Crippen LogP contribution in [0.25, 0.3) is 11.8 Å². The molecular formula is C20H22N6O. The van der Waals surface area contributed by atoms with E-state index in [0.29, 0.717) is 18.9 Å². The van der Waals surface area contributed by atoms with Crippen molar-refractivity contribution in [3.63, 3.8) is 0 Å². The first-order valence-corrected chi connectivity index (χ1v) is 8.72. The Bertz CT molecular complexity index is 918. The van der Waals surface area contributed by atoms with Gasteiger partial charge in [-0.3, -0.25) is 9.78 Å². The maximum Gasteiger partial charge on any atom is 0.244 e. The van der Waals surface area contributed by atoms with Gasteiger partial charge in [-0.1, -0.05) is 18.2 Å². The third-order valence-electron chi connectivity index (χ3n) is 4.04. The summed E-state index contributed by atoms with van der Waals surface area (Å²) in [7, 11) is 0. The van der Waals surface area contributed by atoms with Gasteiger partial charge in [-0.2, -0.15) is 5.10 Å². The molecule has 0 fully saturated rings. The third-order valence-corrected chi connectivity index (χ3v) is 4.04. The summed E-state index contributed by atoms with van der Waals surface area (Å²) in [5, 5.41) is 10.5. The summed E-state index contributed by atoms with van der Waals surface area (Å²) in [6.07, 6.45) is 8.21. The lowest BCUT2D eigenvalue weighted by atomic mass is 10.2. The second-order valence-corrected chi connectivity index (χ2v) is 5.97.